The summed E-state index contributed by atoms with van der Waals surface area (Å²) in [6.45, 7) is 4.08. The molecule has 1 saturated heterocycles. The van der Waals surface area contributed by atoms with Gasteiger partial charge in [0.15, 0.2) is 0 Å². The molecule has 4 rings (SSSR count). The Labute approximate surface area is 163 Å². The van der Waals surface area contributed by atoms with Crippen LogP contribution in [0.2, 0.25) is 0 Å². The molecule has 1 aromatic carbocycles. The van der Waals surface area contributed by atoms with Gasteiger partial charge in [-0.1, -0.05) is 25.1 Å². The summed E-state index contributed by atoms with van der Waals surface area (Å²) in [5, 5.41) is 8.06. The summed E-state index contributed by atoms with van der Waals surface area (Å²) in [6.07, 6.45) is 2.74. The molecule has 2 atom stereocenters. The summed E-state index contributed by atoms with van der Waals surface area (Å²) in [4.78, 5) is 28.1. The van der Waals surface area contributed by atoms with E-state index in [1.807, 2.05) is 40.6 Å². The number of rotatable bonds is 5. The molecule has 2 aromatic rings. The van der Waals surface area contributed by atoms with E-state index in [0.717, 1.165) is 24.9 Å². The van der Waals surface area contributed by atoms with Crippen molar-refractivity contribution in [3.63, 3.8) is 0 Å². The number of hydrogen-bond acceptors (Lipinski definition) is 3. The maximum atomic E-state index is 12.6. The molecule has 5 nitrogen and oxygen atoms in total. The lowest BCUT2D eigenvalue weighted by atomic mass is 10.0. The lowest BCUT2D eigenvalue weighted by Gasteiger charge is -2.18. The van der Waals surface area contributed by atoms with Crippen LogP contribution < -0.4 is 10.6 Å². The summed E-state index contributed by atoms with van der Waals surface area (Å²) in [5.41, 5.74) is 2.03. The van der Waals surface area contributed by atoms with Crippen LogP contribution in [0.1, 0.15) is 30.2 Å². The van der Waals surface area contributed by atoms with Gasteiger partial charge in [0, 0.05) is 35.0 Å². The van der Waals surface area contributed by atoms with E-state index in [1.165, 1.54) is 10.4 Å². The van der Waals surface area contributed by atoms with Crippen molar-refractivity contribution in [3.05, 3.63) is 52.2 Å². The van der Waals surface area contributed by atoms with Crippen LogP contribution in [0.5, 0.6) is 0 Å². The maximum absolute atomic E-state index is 12.6. The van der Waals surface area contributed by atoms with Crippen LogP contribution >= 0.6 is 11.3 Å². The predicted octanol–water partition coefficient (Wildman–Crippen LogP) is 3.87. The van der Waals surface area contributed by atoms with E-state index in [1.54, 1.807) is 11.3 Å². The molecule has 1 aromatic heterocycles. The molecule has 0 unspecified atom stereocenters. The van der Waals surface area contributed by atoms with Gasteiger partial charge in [-0.2, -0.15) is 0 Å². The van der Waals surface area contributed by atoms with Crippen molar-refractivity contribution in [1.29, 1.82) is 0 Å². The van der Waals surface area contributed by atoms with E-state index < -0.39 is 0 Å². The number of urea groups is 1. The highest BCUT2D eigenvalue weighted by Gasteiger charge is 2.61. The fourth-order valence-electron chi connectivity index (χ4n) is 4.02. The van der Waals surface area contributed by atoms with Crippen LogP contribution in [0.25, 0.3) is 0 Å². The van der Waals surface area contributed by atoms with Crippen molar-refractivity contribution < 1.29 is 9.59 Å². The second kappa shape index (κ2) is 7.35. The maximum Gasteiger partial charge on any atom is 0.321 e. The predicted molar refractivity (Wildman–Crippen MR) is 108 cm³/mol. The van der Waals surface area contributed by atoms with Gasteiger partial charge in [-0.25, -0.2) is 4.79 Å². The first-order valence-electron chi connectivity index (χ1n) is 9.54. The average Bonchev–Trinajstić information content (AvgIpc) is 3.02. The summed E-state index contributed by atoms with van der Waals surface area (Å²) in [5.74, 6) is 0.167. The van der Waals surface area contributed by atoms with Crippen LogP contribution in [0.4, 0.5) is 10.5 Å². The number of carbonyl (C=O) groups excluding carboxylic acids is 2. The lowest BCUT2D eigenvalue weighted by Crippen LogP contribution is -2.34. The SMILES string of the molecule is CCc1cccc(NC(=O)N2CC[C@@]3(C[C@H]3C(=O)NCc3cccs3)C2)c1. The molecule has 1 spiro atoms. The van der Waals surface area contributed by atoms with Gasteiger partial charge in [-0.3, -0.25) is 4.79 Å². The van der Waals surface area contributed by atoms with Crippen molar-refractivity contribution >= 4 is 29.0 Å². The molecule has 3 amide bonds. The van der Waals surface area contributed by atoms with Crippen molar-refractivity contribution in [2.45, 2.75) is 32.7 Å². The summed E-state index contributed by atoms with van der Waals surface area (Å²) in [7, 11) is 0. The molecule has 2 N–H and O–H groups in total. The molecule has 6 heteroatoms. The minimum Gasteiger partial charge on any atom is -0.351 e. The van der Waals surface area contributed by atoms with Gasteiger partial charge in [-0.15, -0.1) is 11.3 Å². The molecule has 1 aliphatic carbocycles. The van der Waals surface area contributed by atoms with Crippen molar-refractivity contribution in [2.75, 3.05) is 18.4 Å². The normalized spacial score (nSPS) is 23.4. The number of carbonyl (C=O) groups is 2. The van der Waals surface area contributed by atoms with E-state index >= 15 is 0 Å². The number of nitrogens with zero attached hydrogens (tertiary/aromatic N) is 1. The summed E-state index contributed by atoms with van der Waals surface area (Å²) >= 11 is 1.65. The van der Waals surface area contributed by atoms with E-state index in [4.69, 9.17) is 0 Å². The van der Waals surface area contributed by atoms with E-state index in [-0.39, 0.29) is 23.3 Å². The van der Waals surface area contributed by atoms with Crippen molar-refractivity contribution in [3.8, 4) is 0 Å². The van der Waals surface area contributed by atoms with Gasteiger partial charge in [0.2, 0.25) is 5.91 Å². The number of hydrogen-bond donors (Lipinski definition) is 2. The van der Waals surface area contributed by atoms with Crippen LogP contribution in [0.15, 0.2) is 41.8 Å². The fraction of sp³-hybridized carbons (Fsp3) is 0.429. The fourth-order valence-corrected chi connectivity index (χ4v) is 4.67. The Hall–Kier alpha value is -2.34. The highest BCUT2D eigenvalue weighted by molar-refractivity contribution is 7.09. The highest BCUT2D eigenvalue weighted by atomic mass is 32.1. The van der Waals surface area contributed by atoms with Gasteiger partial charge < -0.3 is 15.5 Å². The smallest absolute Gasteiger partial charge is 0.321 e. The largest absolute Gasteiger partial charge is 0.351 e. The third kappa shape index (κ3) is 3.86. The minimum absolute atomic E-state index is 0.0118. The number of nitrogens with one attached hydrogen (secondary N) is 2. The Kier molecular flexibility index (Phi) is 4.91. The molecule has 0 radical (unpaired) electrons. The Bertz CT molecular complexity index is 836. The number of anilines is 1. The third-order valence-electron chi connectivity index (χ3n) is 5.78. The second-order valence-corrected chi connectivity index (χ2v) is 8.60. The number of thiophene rings is 1. The first kappa shape index (κ1) is 18.0. The number of amides is 3. The zero-order valence-corrected chi connectivity index (χ0v) is 16.3. The van der Waals surface area contributed by atoms with Crippen molar-refractivity contribution in [2.24, 2.45) is 11.3 Å². The van der Waals surface area contributed by atoms with Crippen LogP contribution in [0.3, 0.4) is 0 Å². The molecular weight excluding hydrogens is 358 g/mol. The number of benzene rings is 1. The third-order valence-corrected chi connectivity index (χ3v) is 6.66. The quantitative estimate of drug-likeness (QED) is 0.823. The Morgan fingerprint density at radius 3 is 2.96 bits per heavy atom. The number of likely N-dealkylation sites (tertiary alicyclic amines) is 1. The molecule has 2 aliphatic rings. The van der Waals surface area contributed by atoms with E-state index in [0.29, 0.717) is 19.6 Å². The first-order chi connectivity index (χ1) is 13.1. The second-order valence-electron chi connectivity index (χ2n) is 7.57. The zero-order chi connectivity index (χ0) is 18.9. The Morgan fingerprint density at radius 1 is 1.30 bits per heavy atom. The molecule has 2 heterocycles. The molecular formula is C21H25N3O2S. The van der Waals surface area contributed by atoms with Gasteiger partial charge in [0.05, 0.1) is 6.54 Å². The van der Waals surface area contributed by atoms with Crippen LogP contribution in [-0.2, 0) is 17.8 Å². The van der Waals surface area contributed by atoms with Gasteiger partial charge >= 0.3 is 6.03 Å². The van der Waals surface area contributed by atoms with E-state index in [2.05, 4.69) is 23.6 Å². The summed E-state index contributed by atoms with van der Waals surface area (Å²) in [6, 6.07) is 11.9. The first-order valence-corrected chi connectivity index (χ1v) is 10.4. The van der Waals surface area contributed by atoms with Gasteiger partial charge in [0.1, 0.15) is 0 Å². The van der Waals surface area contributed by atoms with Crippen molar-refractivity contribution in [1.82, 2.24) is 10.2 Å². The number of aryl methyl sites for hydroxylation is 1. The molecule has 0 bridgehead atoms. The van der Waals surface area contributed by atoms with E-state index in [9.17, 15) is 9.59 Å². The topological polar surface area (TPSA) is 61.4 Å². The lowest BCUT2D eigenvalue weighted by molar-refractivity contribution is -0.123. The molecule has 142 valence electrons. The standard InChI is InChI=1S/C21H25N3O2S/c1-2-15-5-3-6-16(11-15)23-20(26)24-9-8-21(14-24)12-18(21)19(25)22-13-17-7-4-10-27-17/h3-7,10-11,18H,2,8-9,12-14H2,1H3,(H,22,25)(H,23,26)/t18-,21+/m0/s1. The zero-order valence-electron chi connectivity index (χ0n) is 15.5. The minimum atomic E-state index is -0.0650. The van der Waals surface area contributed by atoms with Crippen LogP contribution in [0, 0.1) is 11.3 Å². The monoisotopic (exact) mass is 383 g/mol. The molecule has 2 fully saturated rings. The average molecular weight is 384 g/mol. The van der Waals surface area contributed by atoms with Gasteiger partial charge in [0.25, 0.3) is 0 Å². The molecule has 1 aliphatic heterocycles. The molecule has 1 saturated carbocycles. The van der Waals surface area contributed by atoms with Gasteiger partial charge in [-0.05, 0) is 48.4 Å². The summed E-state index contributed by atoms with van der Waals surface area (Å²) < 4.78 is 0. The highest BCUT2D eigenvalue weighted by Crippen LogP contribution is 2.58. The van der Waals surface area contributed by atoms with Crippen LogP contribution in [-0.4, -0.2) is 29.9 Å². The Balaban J connectivity index is 1.29. The Morgan fingerprint density at radius 2 is 2.19 bits per heavy atom. The molecule has 27 heavy (non-hydrogen) atoms.